The molecule has 0 aliphatic rings. The lowest BCUT2D eigenvalue weighted by molar-refractivity contribution is 0.251. The summed E-state index contributed by atoms with van der Waals surface area (Å²) in [5, 5.41) is 0. The van der Waals surface area contributed by atoms with Gasteiger partial charge in [0.25, 0.3) is 0 Å². The van der Waals surface area contributed by atoms with Crippen LogP contribution in [-0.2, 0) is 13.2 Å². The smallest absolute Gasteiger partial charge is 0.199 e. The van der Waals surface area contributed by atoms with Crippen LogP contribution >= 0.6 is 20.4 Å². The van der Waals surface area contributed by atoms with Crippen molar-refractivity contribution in [2.75, 3.05) is 19.6 Å². The molecule has 0 saturated carbocycles. The maximum Gasteiger partial charge on any atom is 0.199 e. The zero-order chi connectivity index (χ0) is 12.5. The second kappa shape index (κ2) is 8.90. The number of aryl methyl sites for hydroxylation is 1. The zero-order valence-corrected chi connectivity index (χ0v) is 12.2. The van der Waals surface area contributed by atoms with Gasteiger partial charge < -0.3 is 13.2 Å². The standard InChI is InChI=1S/C12H19O3PS/c1-4-13-16(14-5-2)10-15-17-12-8-6-11(3)7-9-12/h6-9H,4-5,10H2,1-3H3. The molecule has 3 nitrogen and oxygen atoms in total. The summed E-state index contributed by atoms with van der Waals surface area (Å²) < 4.78 is 16.4. The van der Waals surface area contributed by atoms with Crippen LogP contribution in [0.1, 0.15) is 19.4 Å². The van der Waals surface area contributed by atoms with Crippen LogP contribution in [0.3, 0.4) is 0 Å². The molecule has 96 valence electrons. The molecule has 0 atom stereocenters. The van der Waals surface area contributed by atoms with Gasteiger partial charge in [-0.25, -0.2) is 0 Å². The van der Waals surface area contributed by atoms with E-state index in [9.17, 15) is 0 Å². The average Bonchev–Trinajstić information content (AvgIpc) is 2.32. The van der Waals surface area contributed by atoms with Gasteiger partial charge in [0.05, 0.1) is 13.2 Å². The molecule has 0 N–H and O–H groups in total. The third-order valence-corrected chi connectivity index (χ3v) is 4.19. The molecule has 0 spiro atoms. The monoisotopic (exact) mass is 274 g/mol. The van der Waals surface area contributed by atoms with E-state index in [1.54, 1.807) is 0 Å². The number of hydrogen-bond acceptors (Lipinski definition) is 4. The Balaban J connectivity index is 2.27. The average molecular weight is 274 g/mol. The highest BCUT2D eigenvalue weighted by molar-refractivity contribution is 7.94. The van der Waals surface area contributed by atoms with Crippen molar-refractivity contribution in [1.29, 1.82) is 0 Å². The van der Waals surface area contributed by atoms with Crippen molar-refractivity contribution in [3.05, 3.63) is 29.8 Å². The Hall–Kier alpha value is -0.120. The predicted octanol–water partition coefficient (Wildman–Crippen LogP) is 4.36. The minimum Gasteiger partial charge on any atom is -0.333 e. The van der Waals surface area contributed by atoms with E-state index in [1.165, 1.54) is 17.6 Å². The molecule has 0 aliphatic carbocycles. The van der Waals surface area contributed by atoms with Crippen molar-refractivity contribution in [3.63, 3.8) is 0 Å². The quantitative estimate of drug-likeness (QED) is 0.520. The molecule has 0 aliphatic heterocycles. The second-order valence-corrected chi connectivity index (χ2v) is 5.63. The first-order chi connectivity index (χ1) is 8.26. The van der Waals surface area contributed by atoms with Gasteiger partial charge in [-0.1, -0.05) is 17.7 Å². The van der Waals surface area contributed by atoms with E-state index in [0.29, 0.717) is 19.6 Å². The van der Waals surface area contributed by atoms with Crippen molar-refractivity contribution in [2.24, 2.45) is 0 Å². The highest BCUT2D eigenvalue weighted by atomic mass is 32.2. The van der Waals surface area contributed by atoms with Crippen molar-refractivity contribution in [3.8, 4) is 0 Å². The van der Waals surface area contributed by atoms with Gasteiger partial charge in [-0.3, -0.25) is 0 Å². The predicted molar refractivity (Wildman–Crippen MR) is 73.2 cm³/mol. The summed E-state index contributed by atoms with van der Waals surface area (Å²) in [5.74, 6) is 0. The van der Waals surface area contributed by atoms with Crippen molar-refractivity contribution < 1.29 is 13.2 Å². The first-order valence-electron chi connectivity index (χ1n) is 5.65. The highest BCUT2D eigenvalue weighted by Crippen LogP contribution is 2.39. The third kappa shape index (κ3) is 6.39. The molecule has 5 heteroatoms. The molecule has 0 radical (unpaired) electrons. The fourth-order valence-corrected chi connectivity index (χ4v) is 2.87. The van der Waals surface area contributed by atoms with Gasteiger partial charge in [0.1, 0.15) is 6.35 Å². The molecule has 1 aromatic carbocycles. The van der Waals surface area contributed by atoms with E-state index in [1.807, 2.05) is 26.0 Å². The molecule has 0 amide bonds. The number of rotatable bonds is 8. The molecule has 0 unspecified atom stereocenters. The molecule has 0 aromatic heterocycles. The lowest BCUT2D eigenvalue weighted by Gasteiger charge is -2.14. The van der Waals surface area contributed by atoms with Gasteiger partial charge in [0.2, 0.25) is 0 Å². The van der Waals surface area contributed by atoms with Crippen LogP contribution in [-0.4, -0.2) is 19.6 Å². The molecule has 1 rings (SSSR count). The molecular weight excluding hydrogens is 255 g/mol. The summed E-state index contributed by atoms with van der Waals surface area (Å²) in [6, 6.07) is 8.23. The van der Waals surface area contributed by atoms with Crippen LogP contribution in [0, 0.1) is 6.92 Å². The van der Waals surface area contributed by atoms with Crippen molar-refractivity contribution in [2.45, 2.75) is 25.7 Å². The summed E-state index contributed by atoms with van der Waals surface area (Å²) in [6.45, 7) is 7.30. The van der Waals surface area contributed by atoms with Gasteiger partial charge in [-0.05, 0) is 32.9 Å². The first kappa shape index (κ1) is 14.9. The number of hydrogen-bond donors (Lipinski definition) is 0. The van der Waals surface area contributed by atoms with Gasteiger partial charge in [0, 0.05) is 16.9 Å². The third-order valence-electron chi connectivity index (χ3n) is 1.88. The summed E-state index contributed by atoms with van der Waals surface area (Å²) in [6.07, 6.45) is 0.496. The van der Waals surface area contributed by atoms with E-state index in [2.05, 4.69) is 19.1 Å². The second-order valence-electron chi connectivity index (χ2n) is 3.31. The van der Waals surface area contributed by atoms with Crippen molar-refractivity contribution >= 4 is 20.4 Å². The van der Waals surface area contributed by atoms with Crippen LogP contribution in [0.25, 0.3) is 0 Å². The minimum absolute atomic E-state index is 0.496. The normalized spacial score (nSPS) is 11.1. The topological polar surface area (TPSA) is 27.7 Å². The summed E-state index contributed by atoms with van der Waals surface area (Å²) in [4.78, 5) is 1.10. The molecule has 0 heterocycles. The lowest BCUT2D eigenvalue weighted by Crippen LogP contribution is -1.95. The van der Waals surface area contributed by atoms with E-state index in [0.717, 1.165) is 4.90 Å². The van der Waals surface area contributed by atoms with E-state index >= 15 is 0 Å². The SMILES string of the molecule is CCOP(COSc1ccc(C)cc1)OCC. The maximum atomic E-state index is 5.52. The van der Waals surface area contributed by atoms with Crippen LogP contribution in [0.15, 0.2) is 29.2 Å². The van der Waals surface area contributed by atoms with Gasteiger partial charge in [-0.2, -0.15) is 0 Å². The molecular formula is C12H19O3PS. The Morgan fingerprint density at radius 2 is 1.65 bits per heavy atom. The van der Waals surface area contributed by atoms with Gasteiger partial charge in [0.15, 0.2) is 8.38 Å². The van der Waals surface area contributed by atoms with Gasteiger partial charge in [-0.15, -0.1) is 0 Å². The number of benzene rings is 1. The summed E-state index contributed by atoms with van der Waals surface area (Å²) >= 11 is 1.37. The maximum absolute atomic E-state index is 5.52. The zero-order valence-electron chi connectivity index (χ0n) is 10.5. The fourth-order valence-electron chi connectivity index (χ4n) is 1.13. The molecule has 1 aromatic rings. The van der Waals surface area contributed by atoms with E-state index < -0.39 is 8.38 Å². The fraction of sp³-hybridized carbons (Fsp3) is 0.500. The van der Waals surface area contributed by atoms with E-state index in [4.69, 9.17) is 13.2 Å². The van der Waals surface area contributed by atoms with E-state index in [-0.39, 0.29) is 0 Å². The van der Waals surface area contributed by atoms with Crippen LogP contribution < -0.4 is 0 Å². The Labute approximate surface area is 109 Å². The van der Waals surface area contributed by atoms with Crippen molar-refractivity contribution in [1.82, 2.24) is 0 Å². The molecule has 0 saturated heterocycles. The largest absolute Gasteiger partial charge is 0.333 e. The molecule has 0 fully saturated rings. The van der Waals surface area contributed by atoms with Gasteiger partial charge >= 0.3 is 0 Å². The highest BCUT2D eigenvalue weighted by Gasteiger charge is 2.09. The summed E-state index contributed by atoms with van der Waals surface area (Å²) in [5.41, 5.74) is 1.25. The van der Waals surface area contributed by atoms with Crippen LogP contribution in [0.4, 0.5) is 0 Å². The first-order valence-corrected chi connectivity index (χ1v) is 7.76. The summed E-state index contributed by atoms with van der Waals surface area (Å²) in [7, 11) is -0.906. The minimum atomic E-state index is -0.906. The Morgan fingerprint density at radius 1 is 1.06 bits per heavy atom. The van der Waals surface area contributed by atoms with Crippen LogP contribution in [0.5, 0.6) is 0 Å². The van der Waals surface area contributed by atoms with Crippen LogP contribution in [0.2, 0.25) is 0 Å². The Bertz CT molecular complexity index is 299. The Morgan fingerprint density at radius 3 is 2.18 bits per heavy atom. The molecule has 17 heavy (non-hydrogen) atoms. The lowest BCUT2D eigenvalue weighted by atomic mass is 10.2. The Kier molecular flexibility index (Phi) is 7.82. The molecule has 0 bridgehead atoms.